The molecule has 0 saturated heterocycles. The molecule has 11 heteroatoms. The zero-order valence-electron chi connectivity index (χ0n) is 22.8. The topological polar surface area (TPSA) is 86.8 Å². The molecule has 0 heterocycles. The summed E-state index contributed by atoms with van der Waals surface area (Å²) in [7, 11) is -4.37. The number of carbonyl (C=O) groups is 2. The molecular formula is C30H32Cl2FN3O4S. The molecule has 0 radical (unpaired) electrons. The lowest BCUT2D eigenvalue weighted by Crippen LogP contribution is -2.52. The summed E-state index contributed by atoms with van der Waals surface area (Å²) >= 11 is 12.5. The van der Waals surface area contributed by atoms with Crippen molar-refractivity contribution in [3.8, 4) is 0 Å². The Morgan fingerprint density at radius 1 is 1.02 bits per heavy atom. The van der Waals surface area contributed by atoms with E-state index in [-0.39, 0.29) is 34.1 Å². The molecule has 41 heavy (non-hydrogen) atoms. The minimum atomic E-state index is -4.37. The van der Waals surface area contributed by atoms with Crippen LogP contribution in [-0.4, -0.2) is 43.8 Å². The normalized spacial score (nSPS) is 14.5. The molecule has 7 nitrogen and oxygen atoms in total. The van der Waals surface area contributed by atoms with Gasteiger partial charge in [0.25, 0.3) is 10.0 Å². The average Bonchev–Trinajstić information content (AvgIpc) is 3.44. The standard InChI is InChI=1S/C30H32Cl2FN3O4S/c1-20-11-15-25(16-12-20)41(39,40)36(28-10-6-5-9-27(28)33)19-29(37)35(18-22-13-14-23(31)17-26(22)32)21(2)30(38)34-24-7-3-4-8-24/h5-6,9-17,21,24H,3-4,7-8,18-19H2,1-2H3,(H,34,38)/t21-/m1/s1. The molecule has 0 unspecified atom stereocenters. The van der Waals surface area contributed by atoms with Gasteiger partial charge in [-0.25, -0.2) is 12.8 Å². The molecule has 1 aliphatic rings. The predicted octanol–water partition coefficient (Wildman–Crippen LogP) is 6.11. The highest BCUT2D eigenvalue weighted by Crippen LogP contribution is 2.28. The summed E-state index contributed by atoms with van der Waals surface area (Å²) in [4.78, 5) is 28.4. The van der Waals surface area contributed by atoms with Gasteiger partial charge in [0.15, 0.2) is 0 Å². The molecule has 3 aromatic rings. The minimum absolute atomic E-state index is 0.0119. The number of benzene rings is 3. The maximum atomic E-state index is 15.0. The number of sulfonamides is 1. The van der Waals surface area contributed by atoms with Crippen molar-refractivity contribution in [3.63, 3.8) is 0 Å². The molecule has 0 bridgehead atoms. The Morgan fingerprint density at radius 2 is 1.68 bits per heavy atom. The Hall–Kier alpha value is -3.14. The number of aryl methyl sites for hydroxylation is 1. The molecule has 0 spiro atoms. The van der Waals surface area contributed by atoms with E-state index in [1.807, 2.05) is 6.92 Å². The van der Waals surface area contributed by atoms with Crippen molar-refractivity contribution in [1.82, 2.24) is 10.2 Å². The van der Waals surface area contributed by atoms with Crippen LogP contribution in [0.4, 0.5) is 10.1 Å². The second-order valence-corrected chi connectivity index (χ2v) is 12.9. The summed E-state index contributed by atoms with van der Waals surface area (Å²) in [6, 6.07) is 15.2. The van der Waals surface area contributed by atoms with E-state index in [9.17, 15) is 18.0 Å². The van der Waals surface area contributed by atoms with Crippen LogP contribution in [0.1, 0.15) is 43.7 Å². The van der Waals surface area contributed by atoms with Crippen LogP contribution in [-0.2, 0) is 26.2 Å². The second kappa shape index (κ2) is 13.2. The van der Waals surface area contributed by atoms with E-state index in [4.69, 9.17) is 23.2 Å². The van der Waals surface area contributed by atoms with E-state index < -0.39 is 34.3 Å². The Morgan fingerprint density at radius 3 is 2.32 bits per heavy atom. The molecule has 1 N–H and O–H groups in total. The number of carbonyl (C=O) groups excluding carboxylic acids is 2. The van der Waals surface area contributed by atoms with Crippen molar-refractivity contribution in [2.24, 2.45) is 0 Å². The van der Waals surface area contributed by atoms with Crippen molar-refractivity contribution in [1.29, 1.82) is 0 Å². The van der Waals surface area contributed by atoms with Crippen LogP contribution in [0.3, 0.4) is 0 Å². The summed E-state index contributed by atoms with van der Waals surface area (Å²) in [6.45, 7) is 2.55. The Bertz CT molecular complexity index is 1510. The first-order chi connectivity index (χ1) is 19.5. The third-order valence-corrected chi connectivity index (χ3v) is 9.59. The van der Waals surface area contributed by atoms with Gasteiger partial charge in [-0.3, -0.25) is 13.9 Å². The van der Waals surface area contributed by atoms with Gasteiger partial charge in [0.1, 0.15) is 18.4 Å². The van der Waals surface area contributed by atoms with E-state index in [2.05, 4.69) is 5.32 Å². The number of nitrogens with one attached hydrogen (secondary N) is 1. The lowest BCUT2D eigenvalue weighted by Gasteiger charge is -2.32. The zero-order valence-corrected chi connectivity index (χ0v) is 25.1. The molecule has 4 rings (SSSR count). The number of para-hydroxylation sites is 1. The van der Waals surface area contributed by atoms with Crippen LogP contribution >= 0.6 is 23.2 Å². The Balaban J connectivity index is 1.71. The van der Waals surface area contributed by atoms with Gasteiger partial charge >= 0.3 is 0 Å². The van der Waals surface area contributed by atoms with Gasteiger partial charge < -0.3 is 10.2 Å². The number of anilines is 1. The molecule has 1 fully saturated rings. The van der Waals surface area contributed by atoms with Crippen LogP contribution < -0.4 is 9.62 Å². The van der Waals surface area contributed by atoms with E-state index >= 15 is 4.39 Å². The highest BCUT2D eigenvalue weighted by atomic mass is 35.5. The number of hydrogen-bond donors (Lipinski definition) is 1. The maximum absolute atomic E-state index is 15.0. The number of nitrogens with zero attached hydrogens (tertiary/aromatic N) is 2. The molecule has 0 aliphatic heterocycles. The quantitative estimate of drug-likeness (QED) is 0.296. The third kappa shape index (κ3) is 7.39. The molecule has 0 aromatic heterocycles. The lowest BCUT2D eigenvalue weighted by molar-refractivity contribution is -0.139. The van der Waals surface area contributed by atoms with Crippen molar-refractivity contribution in [2.45, 2.75) is 63.1 Å². The van der Waals surface area contributed by atoms with E-state index in [1.54, 1.807) is 31.2 Å². The molecule has 1 aliphatic carbocycles. The van der Waals surface area contributed by atoms with Crippen molar-refractivity contribution in [3.05, 3.63) is 93.7 Å². The summed E-state index contributed by atoms with van der Waals surface area (Å²) in [5.41, 5.74) is 1.07. The molecule has 1 atom stereocenters. The van der Waals surface area contributed by atoms with Gasteiger partial charge in [-0.15, -0.1) is 0 Å². The van der Waals surface area contributed by atoms with Gasteiger partial charge in [-0.1, -0.05) is 71.9 Å². The van der Waals surface area contributed by atoms with Crippen LogP contribution in [0.15, 0.2) is 71.6 Å². The SMILES string of the molecule is Cc1ccc(S(=O)(=O)N(CC(=O)N(Cc2ccc(Cl)cc2Cl)[C@H](C)C(=O)NC2CCCC2)c2ccccc2F)cc1. The Kier molecular flexibility index (Phi) is 9.94. The van der Waals surface area contributed by atoms with Gasteiger partial charge in [0.2, 0.25) is 11.8 Å². The maximum Gasteiger partial charge on any atom is 0.264 e. The Labute approximate surface area is 250 Å². The largest absolute Gasteiger partial charge is 0.352 e. The minimum Gasteiger partial charge on any atom is -0.352 e. The summed E-state index contributed by atoms with van der Waals surface area (Å²) in [5, 5.41) is 3.69. The fourth-order valence-electron chi connectivity index (χ4n) is 4.81. The van der Waals surface area contributed by atoms with E-state index in [0.717, 1.165) is 41.6 Å². The van der Waals surface area contributed by atoms with E-state index in [1.165, 1.54) is 41.3 Å². The summed E-state index contributed by atoms with van der Waals surface area (Å²) < 4.78 is 43.4. The first kappa shape index (κ1) is 30.8. The fraction of sp³-hybridized carbons (Fsp3) is 0.333. The third-order valence-electron chi connectivity index (χ3n) is 7.23. The summed E-state index contributed by atoms with van der Waals surface area (Å²) in [5.74, 6) is -1.88. The average molecular weight is 621 g/mol. The summed E-state index contributed by atoms with van der Waals surface area (Å²) in [6.07, 6.45) is 3.73. The first-order valence-corrected chi connectivity index (χ1v) is 15.5. The van der Waals surface area contributed by atoms with Gasteiger partial charge in [0.05, 0.1) is 10.6 Å². The van der Waals surface area contributed by atoms with Crippen LogP contribution in [0.2, 0.25) is 10.0 Å². The molecule has 3 aromatic carbocycles. The monoisotopic (exact) mass is 619 g/mol. The highest BCUT2D eigenvalue weighted by Gasteiger charge is 2.34. The number of rotatable bonds is 10. The second-order valence-electron chi connectivity index (χ2n) is 10.2. The van der Waals surface area contributed by atoms with Crippen molar-refractivity contribution >= 4 is 50.7 Å². The van der Waals surface area contributed by atoms with Crippen LogP contribution in [0.5, 0.6) is 0 Å². The number of hydrogen-bond acceptors (Lipinski definition) is 4. The number of amides is 2. The van der Waals surface area contributed by atoms with Gasteiger partial charge in [-0.2, -0.15) is 0 Å². The highest BCUT2D eigenvalue weighted by molar-refractivity contribution is 7.92. The van der Waals surface area contributed by atoms with Crippen molar-refractivity contribution < 1.29 is 22.4 Å². The smallest absolute Gasteiger partial charge is 0.264 e. The first-order valence-electron chi connectivity index (χ1n) is 13.3. The van der Waals surface area contributed by atoms with Gasteiger partial charge in [0, 0.05) is 22.6 Å². The fourth-order valence-corrected chi connectivity index (χ4v) is 6.70. The molecular weight excluding hydrogens is 588 g/mol. The zero-order chi connectivity index (χ0) is 29.7. The lowest BCUT2D eigenvalue weighted by atomic mass is 10.1. The molecule has 1 saturated carbocycles. The molecule has 218 valence electrons. The number of halogens is 3. The van der Waals surface area contributed by atoms with E-state index in [0.29, 0.717) is 10.6 Å². The van der Waals surface area contributed by atoms with Gasteiger partial charge in [-0.05, 0) is 68.7 Å². The van der Waals surface area contributed by atoms with Crippen LogP contribution in [0.25, 0.3) is 0 Å². The van der Waals surface area contributed by atoms with Crippen molar-refractivity contribution in [2.75, 3.05) is 10.8 Å². The van der Waals surface area contributed by atoms with Crippen LogP contribution in [0, 0.1) is 12.7 Å². The predicted molar refractivity (Wildman–Crippen MR) is 159 cm³/mol. The molecule has 2 amide bonds.